The van der Waals surface area contributed by atoms with Crippen LogP contribution in [0.4, 0.5) is 0 Å². The molecule has 9 nitrogen and oxygen atoms in total. The van der Waals surface area contributed by atoms with E-state index in [4.69, 9.17) is 9.47 Å². The Balaban J connectivity index is 1.20. The summed E-state index contributed by atoms with van der Waals surface area (Å²) < 4.78 is 13.2. The van der Waals surface area contributed by atoms with Crippen LogP contribution < -0.4 is 0 Å². The first-order chi connectivity index (χ1) is 19.2. The lowest BCUT2D eigenvalue weighted by Crippen LogP contribution is -2.63. The Bertz CT molecular complexity index is 1400. The predicted molar refractivity (Wildman–Crippen MR) is 143 cm³/mol. The van der Waals surface area contributed by atoms with Crippen LogP contribution in [0.1, 0.15) is 62.6 Å². The molecule has 3 N–H and O–H groups in total. The number of carbonyl (C=O) groups is 2. The van der Waals surface area contributed by atoms with Gasteiger partial charge in [0.05, 0.1) is 24.1 Å². The Labute approximate surface area is 232 Å². The van der Waals surface area contributed by atoms with Crippen molar-refractivity contribution in [3.05, 3.63) is 71.1 Å². The molecular formula is C31H35N3O6. The molecule has 2 aromatic rings. The van der Waals surface area contributed by atoms with Gasteiger partial charge in [0.1, 0.15) is 6.61 Å². The van der Waals surface area contributed by atoms with Crippen molar-refractivity contribution < 1.29 is 29.3 Å². The first kappa shape index (κ1) is 26.0. The Morgan fingerprint density at radius 2 is 2.02 bits per heavy atom. The molecule has 4 aliphatic carbocycles. The second-order valence-electron chi connectivity index (χ2n) is 12.7. The van der Waals surface area contributed by atoms with Crippen molar-refractivity contribution in [1.82, 2.24) is 15.4 Å². The van der Waals surface area contributed by atoms with E-state index in [1.165, 1.54) is 0 Å². The molecule has 40 heavy (non-hydrogen) atoms. The number of hydrogen-bond donors (Lipinski definition) is 3. The van der Waals surface area contributed by atoms with Crippen LogP contribution in [0.15, 0.2) is 54.3 Å². The van der Waals surface area contributed by atoms with Gasteiger partial charge in [-0.15, -0.1) is 0 Å². The van der Waals surface area contributed by atoms with E-state index in [2.05, 4.69) is 22.3 Å². The van der Waals surface area contributed by atoms with Crippen molar-refractivity contribution in [2.45, 2.75) is 70.1 Å². The number of ketones is 2. The summed E-state index contributed by atoms with van der Waals surface area (Å²) >= 11 is 0. The number of allylic oxidation sites excluding steroid dienone is 4. The molecule has 0 bridgehead atoms. The molecule has 210 valence electrons. The van der Waals surface area contributed by atoms with E-state index < -0.39 is 41.5 Å². The number of aliphatic hydroxyl groups excluding tert-OH is 2. The number of aromatic amines is 1. The zero-order chi connectivity index (χ0) is 27.9. The summed E-state index contributed by atoms with van der Waals surface area (Å²) in [7, 11) is 0. The molecule has 9 heteroatoms. The zero-order valence-corrected chi connectivity index (χ0v) is 22.7. The second-order valence-corrected chi connectivity index (χ2v) is 12.7. The number of nitrogens with one attached hydrogen (secondary N) is 1. The molecule has 0 spiro atoms. The number of carbonyl (C=O) groups excluding carboxylic acids is 2. The van der Waals surface area contributed by atoms with Crippen LogP contribution in [0.2, 0.25) is 0 Å². The van der Waals surface area contributed by atoms with Crippen molar-refractivity contribution in [3.8, 4) is 0 Å². The summed E-state index contributed by atoms with van der Waals surface area (Å²) in [5.74, 6) is -0.254. The van der Waals surface area contributed by atoms with Crippen LogP contribution in [0.25, 0.3) is 0 Å². The molecule has 3 saturated carbocycles. The third kappa shape index (κ3) is 3.47. The molecule has 5 aliphatic rings. The van der Waals surface area contributed by atoms with E-state index in [1.54, 1.807) is 18.3 Å². The highest BCUT2D eigenvalue weighted by Gasteiger charge is 2.75. The van der Waals surface area contributed by atoms with E-state index in [9.17, 15) is 19.8 Å². The second kappa shape index (κ2) is 9.01. The molecule has 1 saturated heterocycles. The van der Waals surface area contributed by atoms with Crippen LogP contribution in [0.5, 0.6) is 0 Å². The summed E-state index contributed by atoms with van der Waals surface area (Å²) in [4.78, 5) is 25.8. The SMILES string of the molecule is C[C@]12C=CC(=O)C=C1CC[C@@H]1[C@@H]2[C@@H](O)C[C@@]2(C)[C@H]1C[C@H]1O[C@@H](c3ccc(Cc4cn[nH]n4)cc3)O[C@]12C(=O)CO. The highest BCUT2D eigenvalue weighted by atomic mass is 16.7. The summed E-state index contributed by atoms with van der Waals surface area (Å²) in [6.07, 6.45) is 8.29. The smallest absolute Gasteiger partial charge is 0.193 e. The molecule has 1 aromatic carbocycles. The maximum Gasteiger partial charge on any atom is 0.193 e. The van der Waals surface area contributed by atoms with Crippen molar-refractivity contribution >= 4 is 11.6 Å². The largest absolute Gasteiger partial charge is 0.393 e. The van der Waals surface area contributed by atoms with Gasteiger partial charge in [0.2, 0.25) is 0 Å². The maximum absolute atomic E-state index is 13.7. The summed E-state index contributed by atoms with van der Waals surface area (Å²) in [5, 5.41) is 32.5. The number of ether oxygens (including phenoxy) is 2. The monoisotopic (exact) mass is 545 g/mol. The number of aliphatic hydroxyl groups is 2. The molecule has 2 heterocycles. The number of H-pyrrole nitrogens is 1. The van der Waals surface area contributed by atoms with Gasteiger partial charge in [-0.3, -0.25) is 9.59 Å². The average molecular weight is 546 g/mol. The summed E-state index contributed by atoms with van der Waals surface area (Å²) in [6, 6.07) is 7.86. The lowest BCUT2D eigenvalue weighted by Gasteiger charge is -2.59. The van der Waals surface area contributed by atoms with Crippen molar-refractivity contribution in [2.24, 2.45) is 28.6 Å². The molecule has 9 atom stereocenters. The van der Waals surface area contributed by atoms with Crippen molar-refractivity contribution in [1.29, 1.82) is 0 Å². The Morgan fingerprint density at radius 3 is 2.75 bits per heavy atom. The Morgan fingerprint density at radius 1 is 1.23 bits per heavy atom. The third-order valence-electron chi connectivity index (χ3n) is 10.9. The molecule has 0 unspecified atom stereocenters. The normalized spacial score (nSPS) is 41.6. The quantitative estimate of drug-likeness (QED) is 0.522. The minimum atomic E-state index is -1.35. The molecule has 1 aliphatic heterocycles. The van der Waals surface area contributed by atoms with E-state index >= 15 is 0 Å². The third-order valence-corrected chi connectivity index (χ3v) is 10.9. The van der Waals surface area contributed by atoms with Gasteiger partial charge >= 0.3 is 0 Å². The lowest BCUT2D eigenvalue weighted by atomic mass is 9.46. The summed E-state index contributed by atoms with van der Waals surface area (Å²) in [6.45, 7) is 3.53. The molecule has 7 rings (SSSR count). The van der Waals surface area contributed by atoms with Crippen LogP contribution >= 0.6 is 0 Å². The summed E-state index contributed by atoms with van der Waals surface area (Å²) in [5.41, 5.74) is 1.32. The van der Waals surface area contributed by atoms with Crippen LogP contribution in [0.3, 0.4) is 0 Å². The van der Waals surface area contributed by atoms with Gasteiger partial charge in [0.25, 0.3) is 0 Å². The van der Waals surface area contributed by atoms with E-state index in [-0.39, 0.29) is 29.3 Å². The fraction of sp³-hybridized carbons (Fsp3) is 0.548. The topological polar surface area (TPSA) is 135 Å². The first-order valence-corrected chi connectivity index (χ1v) is 14.2. The van der Waals surface area contributed by atoms with Gasteiger partial charge in [0, 0.05) is 28.7 Å². The number of rotatable bonds is 5. The number of hydrogen-bond acceptors (Lipinski definition) is 8. The molecule has 1 aromatic heterocycles. The molecule has 0 amide bonds. The Hall–Kier alpha value is -2.98. The predicted octanol–water partition coefficient (Wildman–Crippen LogP) is 3.00. The average Bonchev–Trinajstić information content (AvgIpc) is 3.64. The van der Waals surface area contributed by atoms with Gasteiger partial charge in [-0.1, -0.05) is 49.8 Å². The van der Waals surface area contributed by atoms with Gasteiger partial charge < -0.3 is 19.7 Å². The number of benzene rings is 1. The van der Waals surface area contributed by atoms with E-state index in [0.717, 1.165) is 35.2 Å². The number of fused-ring (bicyclic) bond motifs is 7. The van der Waals surface area contributed by atoms with Crippen molar-refractivity contribution in [3.63, 3.8) is 0 Å². The highest BCUT2D eigenvalue weighted by molar-refractivity contribution is 6.01. The Kier molecular flexibility index (Phi) is 5.85. The van der Waals surface area contributed by atoms with E-state index in [1.807, 2.05) is 37.3 Å². The number of nitrogens with zero attached hydrogens (tertiary/aromatic N) is 2. The van der Waals surface area contributed by atoms with Gasteiger partial charge in [-0.05, 0) is 55.2 Å². The van der Waals surface area contributed by atoms with Gasteiger partial charge in [0.15, 0.2) is 23.5 Å². The van der Waals surface area contributed by atoms with E-state index in [0.29, 0.717) is 19.3 Å². The van der Waals surface area contributed by atoms with Crippen LogP contribution in [-0.2, 0) is 25.5 Å². The first-order valence-electron chi connectivity index (χ1n) is 14.2. The minimum absolute atomic E-state index is 0.00276. The lowest BCUT2D eigenvalue weighted by molar-refractivity contribution is -0.201. The molecular weight excluding hydrogens is 510 g/mol. The molecule has 0 radical (unpaired) electrons. The zero-order valence-electron chi connectivity index (χ0n) is 22.7. The van der Waals surface area contributed by atoms with Gasteiger partial charge in [-0.2, -0.15) is 15.4 Å². The molecule has 4 fully saturated rings. The standard InChI is InChI=1S/C31H35N3O6/c1-29-10-9-21(36)12-19(29)7-8-22-23-13-26-31(25(38)16-35,30(23,2)14-24(37)27(22)29)40-28(39-26)18-5-3-17(4-6-18)11-20-15-32-34-33-20/h3-6,9-10,12,15,22-24,26-28,35,37H,7-8,11,13-14,16H2,1-2H3,(H,32,33,34)/t22-,23-,24-,26+,27+,28+,29-,30-,31+/m0/s1. The van der Waals surface area contributed by atoms with Crippen molar-refractivity contribution in [2.75, 3.05) is 6.61 Å². The maximum atomic E-state index is 13.7. The number of Topliss-reactive ketones (excluding diaryl/α,β-unsaturated/α-hetero) is 1. The van der Waals surface area contributed by atoms with Gasteiger partial charge in [-0.25, -0.2) is 0 Å². The fourth-order valence-corrected chi connectivity index (χ4v) is 9.15. The number of aromatic nitrogens is 3. The minimum Gasteiger partial charge on any atom is -0.393 e. The highest BCUT2D eigenvalue weighted by Crippen LogP contribution is 2.70. The van der Waals surface area contributed by atoms with Crippen LogP contribution in [0, 0.1) is 28.6 Å². The fourth-order valence-electron chi connectivity index (χ4n) is 9.15. The van der Waals surface area contributed by atoms with Crippen LogP contribution in [-0.4, -0.2) is 61.6 Å².